The minimum atomic E-state index is -0.309. The van der Waals surface area contributed by atoms with Gasteiger partial charge in [0, 0.05) is 12.6 Å². The summed E-state index contributed by atoms with van der Waals surface area (Å²) in [5, 5.41) is 0. The zero-order valence-electron chi connectivity index (χ0n) is 19.9. The van der Waals surface area contributed by atoms with Crippen molar-refractivity contribution in [3.05, 3.63) is 86.8 Å². The summed E-state index contributed by atoms with van der Waals surface area (Å²) in [5.41, 5.74) is 3.23. The van der Waals surface area contributed by atoms with Gasteiger partial charge in [0.2, 0.25) is 0 Å². The average Bonchev–Trinajstić information content (AvgIpc) is 3.51. The first-order valence-corrected chi connectivity index (χ1v) is 11.9. The van der Waals surface area contributed by atoms with Crippen molar-refractivity contribution in [3.8, 4) is 11.4 Å². The molecule has 0 aliphatic heterocycles. The maximum absolute atomic E-state index is 13.7. The van der Waals surface area contributed by atoms with E-state index < -0.39 is 0 Å². The summed E-state index contributed by atoms with van der Waals surface area (Å²) in [5.74, 6) is 1.17. The summed E-state index contributed by atoms with van der Waals surface area (Å²) in [4.78, 5) is 32.0. The molecule has 0 N–H and O–H groups in total. The Bertz CT molecular complexity index is 1420. The molecule has 1 aliphatic rings. The first kappa shape index (κ1) is 22.2. The minimum Gasteiger partial charge on any atom is -0.497 e. The first-order chi connectivity index (χ1) is 16.5. The third-order valence-corrected chi connectivity index (χ3v) is 6.87. The lowest BCUT2D eigenvalue weighted by Crippen LogP contribution is -2.41. The second-order valence-corrected chi connectivity index (χ2v) is 9.37. The molecule has 0 saturated heterocycles. The molecule has 7 heteroatoms. The number of fused-ring (bicyclic) bond motifs is 1. The Kier molecular flexibility index (Phi) is 5.86. The maximum atomic E-state index is 13.7. The molecule has 0 atom stereocenters. The molecule has 7 nitrogen and oxygen atoms in total. The van der Waals surface area contributed by atoms with E-state index >= 15 is 0 Å². The molecule has 0 spiro atoms. The Labute approximate surface area is 198 Å². The SMILES string of the molecule is COc1ccc(Cn2cnc3c2c(=O)n(C2CCCC2)c(=O)n3-c2ccc(C(C)C)cc2)cc1. The van der Waals surface area contributed by atoms with E-state index in [4.69, 9.17) is 4.74 Å². The van der Waals surface area contributed by atoms with Crippen LogP contribution in [0.1, 0.15) is 62.6 Å². The van der Waals surface area contributed by atoms with Gasteiger partial charge in [-0.05, 0) is 54.2 Å². The first-order valence-electron chi connectivity index (χ1n) is 11.9. The number of nitrogens with zero attached hydrogens (tertiary/aromatic N) is 4. The van der Waals surface area contributed by atoms with Crippen LogP contribution in [-0.4, -0.2) is 25.8 Å². The number of methoxy groups -OCH3 is 1. The van der Waals surface area contributed by atoms with Crippen LogP contribution in [0, 0.1) is 0 Å². The van der Waals surface area contributed by atoms with Crippen molar-refractivity contribution in [1.82, 2.24) is 18.7 Å². The topological polar surface area (TPSA) is 71.1 Å². The predicted octanol–water partition coefficient (Wildman–Crippen LogP) is 4.64. The molecule has 0 radical (unpaired) electrons. The van der Waals surface area contributed by atoms with E-state index in [9.17, 15) is 9.59 Å². The van der Waals surface area contributed by atoms with E-state index in [-0.39, 0.29) is 17.3 Å². The van der Waals surface area contributed by atoms with Crippen molar-refractivity contribution < 1.29 is 4.74 Å². The number of rotatable bonds is 6. The van der Waals surface area contributed by atoms with Gasteiger partial charge in [0.05, 0.1) is 19.1 Å². The zero-order valence-corrected chi connectivity index (χ0v) is 19.9. The van der Waals surface area contributed by atoms with Gasteiger partial charge in [0.15, 0.2) is 11.2 Å². The van der Waals surface area contributed by atoms with Crippen LogP contribution in [0.5, 0.6) is 5.75 Å². The molecule has 0 unspecified atom stereocenters. The fourth-order valence-corrected chi connectivity index (χ4v) is 4.93. The molecule has 0 amide bonds. The zero-order chi connectivity index (χ0) is 23.8. The summed E-state index contributed by atoms with van der Waals surface area (Å²) < 4.78 is 10.2. The van der Waals surface area contributed by atoms with Crippen LogP contribution < -0.4 is 16.0 Å². The van der Waals surface area contributed by atoms with Crippen molar-refractivity contribution in [2.75, 3.05) is 7.11 Å². The fraction of sp³-hybridized carbons (Fsp3) is 0.370. The number of hydrogen-bond acceptors (Lipinski definition) is 4. The third-order valence-electron chi connectivity index (χ3n) is 6.87. The number of imidazole rings is 1. The molecule has 176 valence electrons. The van der Waals surface area contributed by atoms with E-state index in [1.165, 1.54) is 10.1 Å². The third kappa shape index (κ3) is 3.85. The maximum Gasteiger partial charge on any atom is 0.337 e. The van der Waals surface area contributed by atoms with E-state index in [1.807, 2.05) is 53.1 Å². The highest BCUT2D eigenvalue weighted by molar-refractivity contribution is 5.72. The summed E-state index contributed by atoms with van der Waals surface area (Å²) in [6.45, 7) is 4.76. The van der Waals surface area contributed by atoms with Gasteiger partial charge >= 0.3 is 5.69 Å². The number of hydrogen-bond donors (Lipinski definition) is 0. The van der Waals surface area contributed by atoms with Gasteiger partial charge in [0.25, 0.3) is 5.56 Å². The molecule has 4 aromatic rings. The van der Waals surface area contributed by atoms with Gasteiger partial charge in [-0.1, -0.05) is 51.0 Å². The van der Waals surface area contributed by atoms with Crippen molar-refractivity contribution in [2.45, 2.75) is 58.0 Å². The highest BCUT2D eigenvalue weighted by atomic mass is 16.5. The van der Waals surface area contributed by atoms with Crippen LogP contribution in [0.15, 0.2) is 64.4 Å². The normalized spacial score (nSPS) is 14.4. The van der Waals surface area contributed by atoms with E-state index in [2.05, 4.69) is 18.8 Å². The Hall–Kier alpha value is -3.61. The van der Waals surface area contributed by atoms with Crippen molar-refractivity contribution >= 4 is 11.2 Å². The van der Waals surface area contributed by atoms with Gasteiger partial charge in [0.1, 0.15) is 5.75 Å². The lowest BCUT2D eigenvalue weighted by atomic mass is 10.0. The molecule has 34 heavy (non-hydrogen) atoms. The molecule has 1 saturated carbocycles. The van der Waals surface area contributed by atoms with Crippen LogP contribution in [-0.2, 0) is 6.54 Å². The summed E-state index contributed by atoms with van der Waals surface area (Å²) in [6.07, 6.45) is 5.42. The largest absolute Gasteiger partial charge is 0.497 e. The molecule has 1 aliphatic carbocycles. The second-order valence-electron chi connectivity index (χ2n) is 9.37. The van der Waals surface area contributed by atoms with Crippen LogP contribution in [0.3, 0.4) is 0 Å². The minimum absolute atomic E-state index is 0.0741. The summed E-state index contributed by atoms with van der Waals surface area (Å²) in [7, 11) is 1.64. The Morgan fingerprint density at radius 3 is 2.29 bits per heavy atom. The number of aromatic nitrogens is 4. The summed E-state index contributed by atoms with van der Waals surface area (Å²) >= 11 is 0. The van der Waals surface area contributed by atoms with Gasteiger partial charge in [-0.25, -0.2) is 14.3 Å². The molecule has 2 aromatic heterocycles. The lowest BCUT2D eigenvalue weighted by molar-refractivity contribution is 0.414. The van der Waals surface area contributed by atoms with E-state index in [1.54, 1.807) is 18.0 Å². The summed E-state index contributed by atoms with van der Waals surface area (Å²) in [6, 6.07) is 15.6. The smallest absolute Gasteiger partial charge is 0.337 e. The van der Waals surface area contributed by atoms with E-state index in [0.29, 0.717) is 23.6 Å². The van der Waals surface area contributed by atoms with Crippen LogP contribution >= 0.6 is 0 Å². The quantitative estimate of drug-likeness (QED) is 0.422. The Morgan fingerprint density at radius 1 is 1.00 bits per heavy atom. The highest BCUT2D eigenvalue weighted by Gasteiger charge is 2.26. The van der Waals surface area contributed by atoms with Crippen LogP contribution in [0.4, 0.5) is 0 Å². The van der Waals surface area contributed by atoms with Crippen molar-refractivity contribution in [2.24, 2.45) is 0 Å². The molecule has 2 aromatic carbocycles. The Balaban J connectivity index is 1.70. The molecular formula is C27H30N4O3. The van der Waals surface area contributed by atoms with Gasteiger partial charge in [-0.2, -0.15) is 0 Å². The predicted molar refractivity (Wildman–Crippen MR) is 133 cm³/mol. The number of benzene rings is 2. The van der Waals surface area contributed by atoms with Gasteiger partial charge in [-0.15, -0.1) is 0 Å². The van der Waals surface area contributed by atoms with Crippen molar-refractivity contribution in [1.29, 1.82) is 0 Å². The Morgan fingerprint density at radius 2 is 1.68 bits per heavy atom. The molecule has 1 fully saturated rings. The average molecular weight is 459 g/mol. The number of ether oxygens (including phenoxy) is 1. The molecule has 5 rings (SSSR count). The van der Waals surface area contributed by atoms with Gasteiger partial charge in [-0.3, -0.25) is 9.36 Å². The fourth-order valence-electron chi connectivity index (χ4n) is 4.93. The lowest BCUT2D eigenvalue weighted by Gasteiger charge is -2.17. The van der Waals surface area contributed by atoms with Gasteiger partial charge < -0.3 is 9.30 Å². The van der Waals surface area contributed by atoms with Crippen LogP contribution in [0.2, 0.25) is 0 Å². The highest BCUT2D eigenvalue weighted by Crippen LogP contribution is 2.28. The monoisotopic (exact) mass is 458 g/mol. The molecule has 2 heterocycles. The van der Waals surface area contributed by atoms with Crippen molar-refractivity contribution in [3.63, 3.8) is 0 Å². The standard InChI is InChI=1S/C27H30N4O3/c1-18(2)20-10-12-22(13-11-20)30-25-24(26(32)31(27(30)33)21-6-4-5-7-21)29(17-28-25)16-19-8-14-23(34-3)15-9-19/h8-15,17-18,21H,4-7,16H2,1-3H3. The molecule has 0 bridgehead atoms. The van der Waals surface area contributed by atoms with E-state index in [0.717, 1.165) is 42.7 Å². The second kappa shape index (κ2) is 8.97. The van der Waals surface area contributed by atoms with Crippen LogP contribution in [0.25, 0.3) is 16.9 Å². The molecular weight excluding hydrogens is 428 g/mol.